The summed E-state index contributed by atoms with van der Waals surface area (Å²) >= 11 is 0. The zero-order valence-electron chi connectivity index (χ0n) is 12.5. The van der Waals surface area contributed by atoms with Gasteiger partial charge in [-0.15, -0.1) is 0 Å². The summed E-state index contributed by atoms with van der Waals surface area (Å²) in [5.74, 6) is 0.322. The summed E-state index contributed by atoms with van der Waals surface area (Å²) in [5.41, 5.74) is -0.421. The van der Waals surface area contributed by atoms with Crippen molar-refractivity contribution >= 4 is 23.2 Å². The van der Waals surface area contributed by atoms with Gasteiger partial charge in [0.25, 0.3) is 0 Å². The highest BCUT2D eigenvalue weighted by molar-refractivity contribution is 5.88. The van der Waals surface area contributed by atoms with E-state index in [1.54, 1.807) is 6.07 Å². The number of anilines is 3. The summed E-state index contributed by atoms with van der Waals surface area (Å²) in [4.78, 5) is 15.6. The van der Waals surface area contributed by atoms with Gasteiger partial charge in [-0.1, -0.05) is 12.1 Å². The molecule has 1 fully saturated rings. The molecular weight excluding hydrogens is 321 g/mol. The van der Waals surface area contributed by atoms with Gasteiger partial charge >= 0.3 is 12.2 Å². The standard InChI is InChI=1S/C16H15F3N4O/c17-16(18,19)12-3-1-2-4-13(12)21-11-7-8-14(20-9-11)23-15(24)22-10-5-6-10/h1-4,7-10,21H,5-6H2,(H2,20,22,23,24). The van der Waals surface area contributed by atoms with Crippen LogP contribution in [0.4, 0.5) is 35.2 Å². The molecule has 1 aliphatic carbocycles. The minimum atomic E-state index is -4.45. The predicted molar refractivity (Wildman–Crippen MR) is 84.1 cm³/mol. The molecule has 1 aromatic carbocycles. The van der Waals surface area contributed by atoms with Gasteiger partial charge in [-0.2, -0.15) is 13.2 Å². The van der Waals surface area contributed by atoms with Crippen molar-refractivity contribution in [1.29, 1.82) is 0 Å². The minimum absolute atomic E-state index is 0.0565. The maximum Gasteiger partial charge on any atom is 0.418 e. The number of pyridine rings is 1. The largest absolute Gasteiger partial charge is 0.418 e. The van der Waals surface area contributed by atoms with Gasteiger partial charge in [0, 0.05) is 6.04 Å². The molecule has 0 saturated heterocycles. The number of hydrogen-bond donors (Lipinski definition) is 3. The first-order valence-electron chi connectivity index (χ1n) is 7.38. The molecule has 24 heavy (non-hydrogen) atoms. The molecule has 1 aromatic heterocycles. The van der Waals surface area contributed by atoms with Crippen LogP contribution in [-0.2, 0) is 6.18 Å². The van der Waals surface area contributed by atoms with Gasteiger partial charge in [0.2, 0.25) is 0 Å². The Morgan fingerprint density at radius 3 is 2.50 bits per heavy atom. The highest BCUT2D eigenvalue weighted by atomic mass is 19.4. The Labute approximate surface area is 136 Å². The molecule has 0 spiro atoms. The van der Waals surface area contributed by atoms with Gasteiger partial charge in [0.1, 0.15) is 5.82 Å². The lowest BCUT2D eigenvalue weighted by atomic mass is 10.1. The highest BCUT2D eigenvalue weighted by Gasteiger charge is 2.33. The van der Waals surface area contributed by atoms with Crippen LogP contribution in [0.2, 0.25) is 0 Å². The molecule has 126 valence electrons. The second kappa shape index (κ2) is 6.38. The second-order valence-electron chi connectivity index (χ2n) is 5.47. The molecule has 1 aliphatic rings. The normalized spacial score (nSPS) is 14.1. The Morgan fingerprint density at radius 2 is 1.88 bits per heavy atom. The quantitative estimate of drug-likeness (QED) is 0.786. The monoisotopic (exact) mass is 336 g/mol. The van der Waals surface area contributed by atoms with Crippen molar-refractivity contribution in [2.75, 3.05) is 10.6 Å². The van der Waals surface area contributed by atoms with Crippen LogP contribution in [-0.4, -0.2) is 17.1 Å². The fourth-order valence-electron chi connectivity index (χ4n) is 2.10. The Balaban J connectivity index is 1.67. The van der Waals surface area contributed by atoms with Crippen LogP contribution in [0.25, 0.3) is 0 Å². The first-order valence-corrected chi connectivity index (χ1v) is 7.38. The summed E-state index contributed by atoms with van der Waals surface area (Å²) in [7, 11) is 0. The number of nitrogens with zero attached hydrogens (tertiary/aromatic N) is 1. The summed E-state index contributed by atoms with van der Waals surface area (Å²) in [5, 5.41) is 8.01. The maximum atomic E-state index is 13.0. The number of benzene rings is 1. The molecule has 8 heteroatoms. The third kappa shape index (κ3) is 4.15. The number of hydrogen-bond acceptors (Lipinski definition) is 3. The number of amides is 2. The van der Waals surface area contributed by atoms with Gasteiger partial charge in [0.05, 0.1) is 23.1 Å². The van der Waals surface area contributed by atoms with E-state index in [0.29, 0.717) is 11.5 Å². The van der Waals surface area contributed by atoms with E-state index in [4.69, 9.17) is 0 Å². The molecule has 0 radical (unpaired) electrons. The molecule has 3 rings (SSSR count). The number of nitrogens with one attached hydrogen (secondary N) is 3. The van der Waals surface area contributed by atoms with E-state index >= 15 is 0 Å². The number of alkyl halides is 3. The van der Waals surface area contributed by atoms with Crippen LogP contribution in [0.1, 0.15) is 18.4 Å². The SMILES string of the molecule is O=C(Nc1ccc(Nc2ccccc2C(F)(F)F)cn1)NC1CC1. The Morgan fingerprint density at radius 1 is 1.12 bits per heavy atom. The number of carbonyl (C=O) groups is 1. The smallest absolute Gasteiger partial charge is 0.354 e. The van der Waals surface area contributed by atoms with Crippen LogP contribution in [0.3, 0.4) is 0 Å². The van der Waals surface area contributed by atoms with Crippen molar-refractivity contribution in [3.8, 4) is 0 Å². The number of rotatable bonds is 4. The molecule has 3 N–H and O–H groups in total. The first kappa shape index (κ1) is 16.1. The van der Waals surface area contributed by atoms with Crippen LogP contribution in [0.15, 0.2) is 42.6 Å². The summed E-state index contributed by atoms with van der Waals surface area (Å²) in [6.07, 6.45) is -1.13. The van der Waals surface area contributed by atoms with E-state index in [2.05, 4.69) is 20.9 Å². The van der Waals surface area contributed by atoms with Crippen molar-refractivity contribution in [3.63, 3.8) is 0 Å². The fraction of sp³-hybridized carbons (Fsp3) is 0.250. The van der Waals surface area contributed by atoms with E-state index in [9.17, 15) is 18.0 Å². The first-order chi connectivity index (χ1) is 11.4. The molecule has 0 aliphatic heterocycles. The fourth-order valence-corrected chi connectivity index (χ4v) is 2.10. The molecule has 0 atom stereocenters. The number of urea groups is 1. The van der Waals surface area contributed by atoms with Gasteiger partial charge < -0.3 is 10.6 Å². The van der Waals surface area contributed by atoms with Gasteiger partial charge in [-0.3, -0.25) is 5.32 Å². The predicted octanol–water partition coefficient (Wildman–Crippen LogP) is 4.13. The van der Waals surface area contributed by atoms with Crippen LogP contribution in [0, 0.1) is 0 Å². The Kier molecular flexibility index (Phi) is 4.28. The molecule has 0 unspecified atom stereocenters. The maximum absolute atomic E-state index is 13.0. The minimum Gasteiger partial charge on any atom is -0.354 e. The van der Waals surface area contributed by atoms with Gasteiger partial charge in [-0.05, 0) is 37.1 Å². The van der Waals surface area contributed by atoms with E-state index in [1.807, 2.05) is 0 Å². The molecule has 2 amide bonds. The summed E-state index contributed by atoms with van der Waals surface area (Å²) in [6, 6.07) is 8.16. The average molecular weight is 336 g/mol. The molecular formula is C16H15F3N4O. The third-order valence-electron chi connectivity index (χ3n) is 3.43. The lowest BCUT2D eigenvalue weighted by molar-refractivity contribution is -0.136. The van der Waals surface area contributed by atoms with E-state index < -0.39 is 11.7 Å². The number of halogens is 3. The molecule has 1 heterocycles. The van der Waals surface area contributed by atoms with Gasteiger partial charge in [-0.25, -0.2) is 9.78 Å². The van der Waals surface area contributed by atoms with Crippen molar-refractivity contribution in [1.82, 2.24) is 10.3 Å². The van der Waals surface area contributed by atoms with Crippen molar-refractivity contribution in [2.24, 2.45) is 0 Å². The van der Waals surface area contributed by atoms with Gasteiger partial charge in [0.15, 0.2) is 0 Å². The second-order valence-corrected chi connectivity index (χ2v) is 5.47. The lowest BCUT2D eigenvalue weighted by Gasteiger charge is -2.14. The Bertz CT molecular complexity index is 727. The van der Waals surface area contributed by atoms with Crippen molar-refractivity contribution in [2.45, 2.75) is 25.1 Å². The van der Waals surface area contributed by atoms with Crippen LogP contribution < -0.4 is 16.0 Å². The van der Waals surface area contributed by atoms with Crippen molar-refractivity contribution < 1.29 is 18.0 Å². The van der Waals surface area contributed by atoms with Crippen LogP contribution >= 0.6 is 0 Å². The number of carbonyl (C=O) groups excluding carboxylic acids is 1. The third-order valence-corrected chi connectivity index (χ3v) is 3.43. The van der Waals surface area contributed by atoms with E-state index in [-0.39, 0.29) is 17.8 Å². The molecule has 1 saturated carbocycles. The van der Waals surface area contributed by atoms with Crippen molar-refractivity contribution in [3.05, 3.63) is 48.2 Å². The van der Waals surface area contributed by atoms with Crippen LogP contribution in [0.5, 0.6) is 0 Å². The highest BCUT2D eigenvalue weighted by Crippen LogP contribution is 2.35. The molecule has 5 nitrogen and oxygen atoms in total. The lowest BCUT2D eigenvalue weighted by Crippen LogP contribution is -2.30. The topological polar surface area (TPSA) is 66.0 Å². The number of para-hydroxylation sites is 1. The zero-order chi connectivity index (χ0) is 17.2. The summed E-state index contributed by atoms with van der Waals surface area (Å²) < 4.78 is 38.9. The molecule has 2 aromatic rings. The number of aromatic nitrogens is 1. The van der Waals surface area contributed by atoms with E-state index in [0.717, 1.165) is 18.9 Å². The zero-order valence-corrected chi connectivity index (χ0v) is 12.5. The summed E-state index contributed by atoms with van der Waals surface area (Å²) in [6.45, 7) is 0. The molecule has 0 bridgehead atoms. The average Bonchev–Trinajstić information content (AvgIpc) is 3.32. The Hall–Kier alpha value is -2.77. The van der Waals surface area contributed by atoms with E-state index in [1.165, 1.54) is 30.5 Å².